The molecule has 2 amide bonds. The van der Waals surface area contributed by atoms with Crippen LogP contribution in [0.5, 0.6) is 0 Å². The van der Waals surface area contributed by atoms with Crippen molar-refractivity contribution < 1.29 is 14.0 Å². The molecule has 2 fully saturated rings. The Hall–Kier alpha value is -2.52. The number of carbonyl (C=O) groups is 2. The van der Waals surface area contributed by atoms with Crippen molar-refractivity contribution in [1.82, 2.24) is 25.1 Å². The predicted molar refractivity (Wildman–Crippen MR) is 127 cm³/mol. The Morgan fingerprint density at radius 2 is 2.09 bits per heavy atom. The summed E-state index contributed by atoms with van der Waals surface area (Å²) in [5.74, 6) is -0.158. The van der Waals surface area contributed by atoms with Crippen LogP contribution in [0.4, 0.5) is 10.1 Å². The van der Waals surface area contributed by atoms with Crippen molar-refractivity contribution in [3.05, 3.63) is 24.0 Å². The van der Waals surface area contributed by atoms with Gasteiger partial charge in [-0.1, -0.05) is 6.92 Å². The summed E-state index contributed by atoms with van der Waals surface area (Å²) in [5, 5.41) is 9.67. The molecule has 4 heterocycles. The highest BCUT2D eigenvalue weighted by Gasteiger charge is 2.35. The van der Waals surface area contributed by atoms with E-state index in [0.29, 0.717) is 44.1 Å². The highest BCUT2D eigenvalue weighted by atomic mass is 19.1. The molecule has 2 aromatic rings. The first kappa shape index (κ1) is 23.6. The zero-order chi connectivity index (χ0) is 23.3. The zero-order valence-electron chi connectivity index (χ0n) is 19.4. The second kappa shape index (κ2) is 10.6. The molecule has 180 valence electrons. The number of nitrogens with one attached hydrogen (secondary N) is 3. The highest BCUT2D eigenvalue weighted by Crippen LogP contribution is 2.32. The number of fused-ring (bicyclic) bond motifs is 1. The molecule has 8 nitrogen and oxygen atoms in total. The van der Waals surface area contributed by atoms with Crippen molar-refractivity contribution in [3.8, 4) is 0 Å². The number of pyridine rings is 1. The van der Waals surface area contributed by atoms with Gasteiger partial charge in [0.1, 0.15) is 11.3 Å². The summed E-state index contributed by atoms with van der Waals surface area (Å²) in [6, 6.07) is 2.33. The minimum atomic E-state index is -1.06. The molecule has 9 heteroatoms. The number of nitrogens with zero attached hydrogens (tertiary/aromatic N) is 3. The number of aryl methyl sites for hydroxylation is 1. The van der Waals surface area contributed by atoms with Crippen LogP contribution in [0.3, 0.4) is 0 Å². The van der Waals surface area contributed by atoms with Gasteiger partial charge in [-0.25, -0.2) is 9.37 Å². The van der Waals surface area contributed by atoms with Crippen molar-refractivity contribution in [2.75, 3.05) is 44.6 Å². The van der Waals surface area contributed by atoms with Crippen LogP contribution in [0, 0.1) is 0 Å². The van der Waals surface area contributed by atoms with Crippen LogP contribution >= 0.6 is 0 Å². The van der Waals surface area contributed by atoms with Crippen LogP contribution in [0.2, 0.25) is 0 Å². The molecule has 0 spiro atoms. The van der Waals surface area contributed by atoms with Gasteiger partial charge in [0.05, 0.1) is 11.9 Å². The Kier molecular flexibility index (Phi) is 7.60. The number of amides is 2. The number of hydrogen-bond donors (Lipinski definition) is 3. The Balaban J connectivity index is 1.42. The molecular weight excluding hydrogens is 423 g/mol. The van der Waals surface area contributed by atoms with Gasteiger partial charge in [-0.15, -0.1) is 0 Å². The summed E-state index contributed by atoms with van der Waals surface area (Å²) in [7, 11) is 0. The van der Waals surface area contributed by atoms with E-state index in [0.717, 1.165) is 56.5 Å². The maximum absolute atomic E-state index is 15.1. The summed E-state index contributed by atoms with van der Waals surface area (Å²) in [4.78, 5) is 29.4. The number of rotatable bonds is 9. The lowest BCUT2D eigenvalue weighted by Crippen LogP contribution is -2.48. The van der Waals surface area contributed by atoms with E-state index in [4.69, 9.17) is 4.98 Å². The fourth-order valence-corrected chi connectivity index (χ4v) is 5.08. The fraction of sp³-hybridized carbons (Fsp3) is 0.625. The van der Waals surface area contributed by atoms with E-state index in [-0.39, 0.29) is 12.3 Å². The van der Waals surface area contributed by atoms with Gasteiger partial charge in [-0.05, 0) is 56.8 Å². The number of piperidine rings is 2. The first-order chi connectivity index (χ1) is 16.0. The summed E-state index contributed by atoms with van der Waals surface area (Å²) in [6.07, 6.45) is 8.73. The van der Waals surface area contributed by atoms with Gasteiger partial charge in [0.15, 0.2) is 0 Å². The molecule has 2 saturated heterocycles. The Morgan fingerprint density at radius 1 is 1.33 bits per heavy atom. The van der Waals surface area contributed by atoms with Gasteiger partial charge in [0.2, 0.25) is 12.3 Å². The number of aromatic nitrogens is 2. The second-order valence-electron chi connectivity index (χ2n) is 9.29. The van der Waals surface area contributed by atoms with E-state index in [1.807, 2.05) is 6.07 Å². The van der Waals surface area contributed by atoms with Crippen LogP contribution < -0.4 is 16.0 Å². The standard InChI is InChI=1S/C24H35FN6O2/c1-2-18-15-31(20-4-11-30(12-5-20)16-24(25)6-9-26-10-7-24)23-21(18)13-19(14-28-23)29-22(33)3-8-27-17-32/h13-15,17,20,26H,2-12,16H2,1H3,(H,27,32)(H,29,33). The Bertz CT molecular complexity index is 963. The molecule has 0 bridgehead atoms. The van der Waals surface area contributed by atoms with E-state index in [1.165, 1.54) is 5.56 Å². The van der Waals surface area contributed by atoms with E-state index >= 15 is 4.39 Å². The molecule has 0 radical (unpaired) electrons. The minimum Gasteiger partial charge on any atom is -0.358 e. The van der Waals surface area contributed by atoms with E-state index in [9.17, 15) is 9.59 Å². The normalized spacial score (nSPS) is 19.5. The summed E-state index contributed by atoms with van der Waals surface area (Å²) in [5.41, 5.74) is 1.75. The van der Waals surface area contributed by atoms with Crippen molar-refractivity contribution in [2.45, 2.75) is 57.2 Å². The molecular formula is C24H35FN6O2. The minimum absolute atomic E-state index is 0.158. The average Bonchev–Trinajstić information content (AvgIpc) is 3.18. The molecule has 2 aromatic heterocycles. The lowest BCUT2D eigenvalue weighted by atomic mass is 9.92. The predicted octanol–water partition coefficient (Wildman–Crippen LogP) is 2.40. The molecule has 0 saturated carbocycles. The average molecular weight is 459 g/mol. The van der Waals surface area contributed by atoms with E-state index < -0.39 is 5.67 Å². The van der Waals surface area contributed by atoms with Gasteiger partial charge in [-0.2, -0.15) is 0 Å². The molecule has 4 rings (SSSR count). The highest BCUT2D eigenvalue weighted by molar-refractivity contribution is 5.93. The number of hydrogen-bond acceptors (Lipinski definition) is 5. The van der Waals surface area contributed by atoms with Crippen molar-refractivity contribution in [2.24, 2.45) is 0 Å². The van der Waals surface area contributed by atoms with Crippen LogP contribution in [0.25, 0.3) is 11.0 Å². The summed E-state index contributed by atoms with van der Waals surface area (Å²) < 4.78 is 17.4. The molecule has 2 aliphatic rings. The first-order valence-corrected chi connectivity index (χ1v) is 12.1. The summed E-state index contributed by atoms with van der Waals surface area (Å²) >= 11 is 0. The third-order valence-corrected chi connectivity index (χ3v) is 6.95. The smallest absolute Gasteiger partial charge is 0.226 e. The number of halogens is 1. The third kappa shape index (κ3) is 5.70. The van der Waals surface area contributed by atoms with Gasteiger partial charge < -0.3 is 25.4 Å². The van der Waals surface area contributed by atoms with E-state index in [2.05, 4.69) is 38.5 Å². The first-order valence-electron chi connectivity index (χ1n) is 12.1. The van der Waals surface area contributed by atoms with Crippen molar-refractivity contribution >= 4 is 29.0 Å². The largest absolute Gasteiger partial charge is 0.358 e. The lowest BCUT2D eigenvalue weighted by molar-refractivity contribution is -0.116. The van der Waals surface area contributed by atoms with Crippen molar-refractivity contribution in [3.63, 3.8) is 0 Å². The van der Waals surface area contributed by atoms with Crippen LogP contribution in [0.15, 0.2) is 18.5 Å². The number of carbonyl (C=O) groups excluding carboxylic acids is 2. The van der Waals surface area contributed by atoms with Crippen LogP contribution in [-0.4, -0.2) is 71.7 Å². The Morgan fingerprint density at radius 3 is 2.79 bits per heavy atom. The van der Waals surface area contributed by atoms with Crippen LogP contribution in [0.1, 0.15) is 50.6 Å². The number of likely N-dealkylation sites (tertiary alicyclic amines) is 1. The van der Waals surface area contributed by atoms with Gasteiger partial charge in [0.25, 0.3) is 0 Å². The fourth-order valence-electron chi connectivity index (χ4n) is 5.08. The number of anilines is 1. The van der Waals surface area contributed by atoms with Gasteiger partial charge >= 0.3 is 0 Å². The second-order valence-corrected chi connectivity index (χ2v) is 9.29. The molecule has 0 unspecified atom stereocenters. The maximum atomic E-state index is 15.1. The SMILES string of the molecule is CCc1cn(C2CCN(CC3(F)CCNCC3)CC2)c2ncc(NC(=O)CCNC=O)cc12. The van der Waals surface area contributed by atoms with Crippen molar-refractivity contribution in [1.29, 1.82) is 0 Å². The quantitative estimate of drug-likeness (QED) is 0.397. The monoisotopic (exact) mass is 458 g/mol. The molecule has 33 heavy (non-hydrogen) atoms. The third-order valence-electron chi connectivity index (χ3n) is 6.95. The molecule has 0 aromatic carbocycles. The zero-order valence-corrected chi connectivity index (χ0v) is 19.4. The molecule has 0 atom stereocenters. The van der Waals surface area contributed by atoms with Gasteiger partial charge in [-0.3, -0.25) is 9.59 Å². The molecule has 3 N–H and O–H groups in total. The topological polar surface area (TPSA) is 91.3 Å². The molecule has 0 aliphatic carbocycles. The maximum Gasteiger partial charge on any atom is 0.226 e. The number of alkyl halides is 1. The lowest BCUT2D eigenvalue weighted by Gasteiger charge is -2.39. The summed E-state index contributed by atoms with van der Waals surface area (Å²) in [6.45, 7) is 6.30. The van der Waals surface area contributed by atoms with E-state index in [1.54, 1.807) is 6.20 Å². The van der Waals surface area contributed by atoms with Crippen LogP contribution in [-0.2, 0) is 16.0 Å². The Labute approximate surface area is 194 Å². The van der Waals surface area contributed by atoms with Gasteiger partial charge in [0, 0.05) is 50.2 Å². The molecule has 2 aliphatic heterocycles.